The van der Waals surface area contributed by atoms with Crippen molar-refractivity contribution in [3.63, 3.8) is 0 Å². The van der Waals surface area contributed by atoms with E-state index in [1.165, 1.54) is 12.1 Å². The van der Waals surface area contributed by atoms with Crippen LogP contribution in [0, 0.1) is 5.82 Å². The van der Waals surface area contributed by atoms with Crippen LogP contribution in [0.2, 0.25) is 0 Å². The molecule has 0 aliphatic carbocycles. The summed E-state index contributed by atoms with van der Waals surface area (Å²) in [7, 11) is 0. The van der Waals surface area contributed by atoms with Gasteiger partial charge in [0.05, 0.1) is 19.7 Å². The Morgan fingerprint density at radius 3 is 2.73 bits per heavy atom. The summed E-state index contributed by atoms with van der Waals surface area (Å²) in [5, 5.41) is 3.99. The maximum Gasteiger partial charge on any atom is 0.276 e. The molecule has 5 rings (SSSR count). The lowest BCUT2D eigenvalue weighted by Gasteiger charge is -2.44. The van der Waals surface area contributed by atoms with Crippen molar-refractivity contribution in [1.82, 2.24) is 15.0 Å². The van der Waals surface area contributed by atoms with Gasteiger partial charge in [-0.1, -0.05) is 36.7 Å². The maximum absolute atomic E-state index is 14.2. The van der Waals surface area contributed by atoms with Crippen molar-refractivity contribution in [2.75, 3.05) is 39.4 Å². The molecule has 0 saturated carbocycles. The molecule has 3 aromatic rings. The number of carbonyl (C=O) groups is 2. The summed E-state index contributed by atoms with van der Waals surface area (Å²) in [6, 6.07) is 15.4. The smallest absolute Gasteiger partial charge is 0.276 e. The van der Waals surface area contributed by atoms with Crippen molar-refractivity contribution in [1.29, 1.82) is 0 Å². The van der Waals surface area contributed by atoms with Gasteiger partial charge in [0.1, 0.15) is 18.2 Å². The third-order valence-corrected chi connectivity index (χ3v) is 7.66. The van der Waals surface area contributed by atoms with Crippen molar-refractivity contribution < 1.29 is 28.0 Å². The van der Waals surface area contributed by atoms with Crippen LogP contribution in [0.4, 0.5) is 4.39 Å². The quantitative estimate of drug-likeness (QED) is 0.439. The van der Waals surface area contributed by atoms with E-state index in [1.807, 2.05) is 23.1 Å². The lowest BCUT2D eigenvalue weighted by molar-refractivity contribution is -0.170. The Bertz CT molecular complexity index is 1310. The standard InChI is InChI=1S/C31H36FN3O5/c1-2-3-16-34-17-19-38-27-10-5-4-8-23(27)9-6-7-15-31(30(34)37)22-35(18-20-39-31)29(36)26-21-28(40-33-26)24-11-13-25(32)14-12-24/h4-5,8,10-14,21H,2-3,6-7,9,15-20,22H2,1H3. The van der Waals surface area contributed by atoms with Gasteiger partial charge >= 0.3 is 0 Å². The Morgan fingerprint density at radius 1 is 1.07 bits per heavy atom. The predicted molar refractivity (Wildman–Crippen MR) is 147 cm³/mol. The molecule has 40 heavy (non-hydrogen) atoms. The van der Waals surface area contributed by atoms with Crippen LogP contribution in [-0.2, 0) is 16.0 Å². The fourth-order valence-corrected chi connectivity index (χ4v) is 5.43. The van der Waals surface area contributed by atoms with Gasteiger partial charge in [-0.25, -0.2) is 4.39 Å². The zero-order chi connectivity index (χ0) is 28.0. The van der Waals surface area contributed by atoms with E-state index >= 15 is 0 Å². The Morgan fingerprint density at radius 2 is 1.90 bits per heavy atom. The first-order chi connectivity index (χ1) is 19.5. The number of carbonyl (C=O) groups excluding carboxylic acids is 2. The summed E-state index contributed by atoms with van der Waals surface area (Å²) in [6.07, 6.45) is 4.81. The minimum atomic E-state index is -1.14. The molecule has 1 aromatic heterocycles. The number of para-hydroxylation sites is 1. The first-order valence-corrected chi connectivity index (χ1v) is 14.1. The highest BCUT2D eigenvalue weighted by atomic mass is 19.1. The van der Waals surface area contributed by atoms with E-state index in [4.69, 9.17) is 14.0 Å². The number of hydrogen-bond donors (Lipinski definition) is 0. The molecule has 1 spiro atoms. The third kappa shape index (κ3) is 6.20. The van der Waals surface area contributed by atoms with Crippen LogP contribution in [0.25, 0.3) is 11.3 Å². The molecule has 1 unspecified atom stereocenters. The van der Waals surface area contributed by atoms with E-state index in [1.54, 1.807) is 23.1 Å². The summed E-state index contributed by atoms with van der Waals surface area (Å²) in [5.41, 5.74) is 0.790. The van der Waals surface area contributed by atoms with Gasteiger partial charge in [0, 0.05) is 24.7 Å². The van der Waals surface area contributed by atoms with Crippen molar-refractivity contribution >= 4 is 11.8 Å². The first-order valence-electron chi connectivity index (χ1n) is 14.1. The molecule has 0 bridgehead atoms. The van der Waals surface area contributed by atoms with Gasteiger partial charge in [0.2, 0.25) is 0 Å². The molecule has 2 aliphatic rings. The molecule has 0 radical (unpaired) electrons. The summed E-state index contributed by atoms with van der Waals surface area (Å²) in [4.78, 5) is 31.2. The van der Waals surface area contributed by atoms with Gasteiger partial charge in [0.25, 0.3) is 11.8 Å². The van der Waals surface area contributed by atoms with Crippen molar-refractivity contribution in [3.8, 4) is 17.1 Å². The highest BCUT2D eigenvalue weighted by molar-refractivity contribution is 5.94. The second-order valence-corrected chi connectivity index (χ2v) is 10.5. The zero-order valence-electron chi connectivity index (χ0n) is 22.9. The largest absolute Gasteiger partial charge is 0.491 e. The van der Waals surface area contributed by atoms with Gasteiger partial charge in [-0.2, -0.15) is 0 Å². The van der Waals surface area contributed by atoms with E-state index in [2.05, 4.69) is 18.1 Å². The number of ether oxygens (including phenoxy) is 2. The molecule has 8 nitrogen and oxygen atoms in total. The van der Waals surface area contributed by atoms with Gasteiger partial charge < -0.3 is 23.8 Å². The van der Waals surface area contributed by atoms with E-state index in [9.17, 15) is 14.0 Å². The lowest BCUT2D eigenvalue weighted by Crippen LogP contribution is -2.62. The van der Waals surface area contributed by atoms with E-state index in [0.717, 1.165) is 43.4 Å². The van der Waals surface area contributed by atoms with Gasteiger partial charge in [0.15, 0.2) is 17.1 Å². The predicted octanol–water partition coefficient (Wildman–Crippen LogP) is 5.13. The van der Waals surface area contributed by atoms with Crippen LogP contribution in [-0.4, -0.2) is 71.8 Å². The van der Waals surface area contributed by atoms with E-state index < -0.39 is 5.60 Å². The number of morpholine rings is 1. The highest BCUT2D eigenvalue weighted by Crippen LogP contribution is 2.31. The summed E-state index contributed by atoms with van der Waals surface area (Å²) < 4.78 is 31.2. The van der Waals surface area contributed by atoms with Gasteiger partial charge in [-0.05, 0) is 68.0 Å². The molecule has 2 aliphatic heterocycles. The molecule has 0 N–H and O–H groups in total. The number of amides is 2. The summed E-state index contributed by atoms with van der Waals surface area (Å²) in [6.45, 7) is 4.26. The zero-order valence-corrected chi connectivity index (χ0v) is 22.9. The van der Waals surface area contributed by atoms with E-state index in [-0.39, 0.29) is 36.5 Å². The molecule has 2 aromatic carbocycles. The Labute approximate surface area is 234 Å². The number of aromatic nitrogens is 1. The Kier molecular flexibility index (Phi) is 8.79. The van der Waals surface area contributed by atoms with Crippen LogP contribution < -0.4 is 4.74 Å². The van der Waals surface area contributed by atoms with Crippen LogP contribution in [0.1, 0.15) is 55.1 Å². The third-order valence-electron chi connectivity index (χ3n) is 7.66. The molecule has 1 atom stereocenters. The van der Waals surface area contributed by atoms with Crippen molar-refractivity contribution in [2.45, 2.75) is 51.0 Å². The Balaban J connectivity index is 1.37. The minimum absolute atomic E-state index is 0.0944. The molecule has 3 heterocycles. The number of hydrogen-bond acceptors (Lipinski definition) is 6. The molecule has 1 fully saturated rings. The van der Waals surface area contributed by atoms with Crippen molar-refractivity contribution in [3.05, 3.63) is 71.7 Å². The second kappa shape index (κ2) is 12.6. The monoisotopic (exact) mass is 549 g/mol. The summed E-state index contributed by atoms with van der Waals surface area (Å²) >= 11 is 0. The average molecular weight is 550 g/mol. The van der Waals surface area contributed by atoms with Crippen LogP contribution in [0.3, 0.4) is 0 Å². The van der Waals surface area contributed by atoms with Gasteiger partial charge in [-0.15, -0.1) is 0 Å². The SMILES string of the molecule is CCCCN1CCOc2ccccc2CCCCC2(CN(C(=O)c3cc(-c4ccc(F)cc4)on3)CCO2)C1=O. The number of rotatable bonds is 5. The molecular weight excluding hydrogens is 513 g/mol. The Hall–Kier alpha value is -3.72. The van der Waals surface area contributed by atoms with Crippen LogP contribution in [0.15, 0.2) is 59.1 Å². The molecule has 212 valence electrons. The number of fused-ring (bicyclic) bond motifs is 1. The molecule has 1 saturated heterocycles. The van der Waals surface area contributed by atoms with Crippen LogP contribution in [0.5, 0.6) is 5.75 Å². The topological polar surface area (TPSA) is 85.1 Å². The molecule has 9 heteroatoms. The number of benzene rings is 2. The average Bonchev–Trinajstić information content (AvgIpc) is 3.47. The van der Waals surface area contributed by atoms with Crippen molar-refractivity contribution in [2.24, 2.45) is 0 Å². The highest BCUT2D eigenvalue weighted by Gasteiger charge is 2.47. The summed E-state index contributed by atoms with van der Waals surface area (Å²) in [5.74, 6) is 0.473. The second-order valence-electron chi connectivity index (χ2n) is 10.5. The first kappa shape index (κ1) is 27.8. The minimum Gasteiger partial charge on any atom is -0.491 e. The van der Waals surface area contributed by atoms with Crippen LogP contribution >= 0.6 is 0 Å². The molecular formula is C31H36FN3O5. The van der Waals surface area contributed by atoms with E-state index in [0.29, 0.717) is 44.0 Å². The maximum atomic E-state index is 14.2. The number of unbranched alkanes of at least 4 members (excludes halogenated alkanes) is 1. The number of aryl methyl sites for hydroxylation is 1. The normalized spacial score (nSPS) is 20.4. The van der Waals surface area contributed by atoms with Gasteiger partial charge in [-0.3, -0.25) is 9.59 Å². The molecule has 2 amide bonds. The number of halogens is 1. The fraction of sp³-hybridized carbons (Fsp3) is 0.452. The lowest BCUT2D eigenvalue weighted by atomic mass is 9.90. The number of nitrogens with zero attached hydrogens (tertiary/aromatic N) is 3. The fourth-order valence-electron chi connectivity index (χ4n) is 5.43.